The zero-order valence-electron chi connectivity index (χ0n) is 24.8. The van der Waals surface area contributed by atoms with E-state index in [0.29, 0.717) is 37.1 Å². The fourth-order valence-electron chi connectivity index (χ4n) is 5.45. The second kappa shape index (κ2) is 16.6. The highest BCUT2D eigenvalue weighted by atomic mass is 35.5. The Balaban J connectivity index is 2.01. The number of halogens is 1. The molecule has 1 aromatic rings. The maximum atomic E-state index is 13.3. The highest BCUT2D eigenvalue weighted by Crippen LogP contribution is 2.36. The molecule has 0 aromatic heterocycles. The van der Waals surface area contributed by atoms with Crippen molar-refractivity contribution in [2.75, 3.05) is 41.1 Å². The molecular weight excluding hydrogens is 520 g/mol. The summed E-state index contributed by atoms with van der Waals surface area (Å²) in [6.07, 6.45) is 6.39. The first-order valence-electron chi connectivity index (χ1n) is 14.3. The average Bonchev–Trinajstić information content (AvgIpc) is 2.94. The van der Waals surface area contributed by atoms with Gasteiger partial charge in [0.05, 0.1) is 26.4 Å². The largest absolute Gasteiger partial charge is 0.493 e. The Hall–Kier alpha value is -1.58. The van der Waals surface area contributed by atoms with Gasteiger partial charge >= 0.3 is 0 Å². The molecule has 4 atom stereocenters. The highest BCUT2D eigenvalue weighted by molar-refractivity contribution is 6.22. The molecule has 0 radical (unpaired) electrons. The Kier molecular flexibility index (Phi) is 14.3. The minimum atomic E-state index is -1.01. The van der Waals surface area contributed by atoms with Gasteiger partial charge < -0.3 is 29.8 Å². The van der Waals surface area contributed by atoms with Crippen LogP contribution in [-0.4, -0.2) is 74.3 Å². The summed E-state index contributed by atoms with van der Waals surface area (Å²) in [5.74, 6) is 1.71. The summed E-state index contributed by atoms with van der Waals surface area (Å²) in [5.41, 5.74) is 6.57. The molecule has 1 amide bonds. The van der Waals surface area contributed by atoms with Gasteiger partial charge in [-0.3, -0.25) is 4.79 Å². The van der Waals surface area contributed by atoms with Gasteiger partial charge in [-0.25, -0.2) is 4.42 Å². The molecule has 224 valence electrons. The van der Waals surface area contributed by atoms with Gasteiger partial charge in [0.2, 0.25) is 0 Å². The number of carbonyl (C=O) groups excluding carboxylic acids is 1. The van der Waals surface area contributed by atoms with Crippen molar-refractivity contribution in [2.45, 2.75) is 89.9 Å². The molecule has 1 aromatic carbocycles. The molecule has 2 rings (SSSR count). The van der Waals surface area contributed by atoms with E-state index in [9.17, 15) is 9.90 Å². The summed E-state index contributed by atoms with van der Waals surface area (Å²) < 4.78 is 23.3. The summed E-state index contributed by atoms with van der Waals surface area (Å²) in [7, 11) is 4.86. The molecule has 3 N–H and O–H groups in total. The third-order valence-electron chi connectivity index (χ3n) is 8.29. The lowest BCUT2D eigenvalue weighted by Crippen LogP contribution is -2.53. The van der Waals surface area contributed by atoms with Gasteiger partial charge in [0.1, 0.15) is 5.60 Å². The van der Waals surface area contributed by atoms with Crippen LogP contribution in [-0.2, 0) is 20.7 Å². The van der Waals surface area contributed by atoms with E-state index < -0.39 is 17.7 Å². The van der Waals surface area contributed by atoms with Gasteiger partial charge in [-0.15, -0.1) is 0 Å². The molecule has 1 aliphatic carbocycles. The summed E-state index contributed by atoms with van der Waals surface area (Å²) in [6, 6.07) is 5.43. The van der Waals surface area contributed by atoms with E-state index in [2.05, 4.69) is 13.8 Å². The van der Waals surface area contributed by atoms with Gasteiger partial charge in [0.15, 0.2) is 11.5 Å². The van der Waals surface area contributed by atoms with Crippen molar-refractivity contribution in [3.63, 3.8) is 0 Å². The minimum absolute atomic E-state index is 0.0555. The van der Waals surface area contributed by atoms with E-state index in [-0.39, 0.29) is 24.3 Å². The molecule has 0 saturated heterocycles. The van der Waals surface area contributed by atoms with Crippen LogP contribution in [0.4, 0.5) is 0 Å². The number of amides is 1. The normalized spacial score (nSPS) is 18.3. The first-order valence-corrected chi connectivity index (χ1v) is 14.7. The fraction of sp³-hybridized carbons (Fsp3) is 0.767. The molecule has 8 nitrogen and oxygen atoms in total. The fourth-order valence-corrected chi connectivity index (χ4v) is 5.76. The Labute approximate surface area is 240 Å². The molecule has 0 heterocycles. The number of ether oxygens (including phenoxy) is 4. The zero-order valence-corrected chi connectivity index (χ0v) is 25.5. The molecule has 0 bridgehead atoms. The summed E-state index contributed by atoms with van der Waals surface area (Å²) in [4.78, 5) is 13.3. The van der Waals surface area contributed by atoms with Crippen LogP contribution in [0.3, 0.4) is 0 Å². The maximum Gasteiger partial charge on any atom is 0.269 e. The van der Waals surface area contributed by atoms with Gasteiger partial charge in [0, 0.05) is 45.1 Å². The van der Waals surface area contributed by atoms with Gasteiger partial charge in [-0.2, -0.15) is 0 Å². The third kappa shape index (κ3) is 9.78. The number of nitrogens with two attached hydrogens (primary N) is 1. The van der Waals surface area contributed by atoms with Crippen LogP contribution in [0, 0.1) is 17.8 Å². The standard InChI is InChI=1S/C30H51ClN2O6/c1-21(2)23(17-22-13-14-27(37-5)28(18-22)39-16-10-15-36-4)19-25(32)26(34)20-33(31)29(35)30(3,38-6)24-11-8-7-9-12-24/h13-14,18,21,23-26,34H,7-12,15-17,19-20,32H2,1-6H3/t23-,25-,26-,30+/m0/s1. The van der Waals surface area contributed by atoms with Crippen molar-refractivity contribution in [1.29, 1.82) is 0 Å². The van der Waals surface area contributed by atoms with E-state index in [1.54, 1.807) is 21.3 Å². The molecule has 39 heavy (non-hydrogen) atoms. The number of methoxy groups -OCH3 is 3. The molecule has 0 unspecified atom stereocenters. The maximum absolute atomic E-state index is 13.3. The summed E-state index contributed by atoms with van der Waals surface area (Å²) in [6.45, 7) is 7.23. The number of carbonyl (C=O) groups is 1. The molecule has 1 fully saturated rings. The Morgan fingerprint density at radius 1 is 1.15 bits per heavy atom. The second-order valence-electron chi connectivity index (χ2n) is 11.4. The van der Waals surface area contributed by atoms with Gasteiger partial charge in [-0.05, 0) is 68.1 Å². The van der Waals surface area contributed by atoms with Crippen molar-refractivity contribution >= 4 is 17.7 Å². The lowest BCUT2D eigenvalue weighted by Gasteiger charge is -2.39. The zero-order chi connectivity index (χ0) is 29.0. The van der Waals surface area contributed by atoms with Crippen LogP contribution < -0.4 is 15.2 Å². The van der Waals surface area contributed by atoms with Crippen LogP contribution >= 0.6 is 11.8 Å². The van der Waals surface area contributed by atoms with Crippen molar-refractivity contribution < 1.29 is 28.8 Å². The average molecular weight is 571 g/mol. The van der Waals surface area contributed by atoms with Gasteiger partial charge in [-0.1, -0.05) is 39.2 Å². The van der Waals surface area contributed by atoms with Crippen LogP contribution in [0.5, 0.6) is 11.5 Å². The van der Waals surface area contributed by atoms with Crippen LogP contribution in [0.2, 0.25) is 0 Å². The van der Waals surface area contributed by atoms with Gasteiger partial charge in [0.25, 0.3) is 5.91 Å². The van der Waals surface area contributed by atoms with E-state index >= 15 is 0 Å². The SMILES string of the molecule is COCCCOc1cc(C[C@@H](C[C@H](N)[C@@H](O)CN(Cl)C(=O)[C@](C)(OC)C2CCCCC2)C(C)C)ccc1OC. The molecular formula is C30H51ClN2O6. The van der Waals surface area contributed by atoms with E-state index in [1.807, 2.05) is 25.1 Å². The number of rotatable bonds is 17. The number of hydrogen-bond acceptors (Lipinski definition) is 7. The summed E-state index contributed by atoms with van der Waals surface area (Å²) in [5, 5.41) is 10.9. The van der Waals surface area contributed by atoms with Crippen molar-refractivity contribution in [3.8, 4) is 11.5 Å². The first-order chi connectivity index (χ1) is 18.6. The second-order valence-corrected chi connectivity index (χ2v) is 11.8. The monoisotopic (exact) mass is 570 g/mol. The van der Waals surface area contributed by atoms with Crippen molar-refractivity contribution in [3.05, 3.63) is 23.8 Å². The number of aliphatic hydroxyl groups is 1. The smallest absolute Gasteiger partial charge is 0.269 e. The molecule has 1 aliphatic rings. The quantitative estimate of drug-likeness (QED) is 0.201. The number of aliphatic hydroxyl groups excluding tert-OH is 1. The van der Waals surface area contributed by atoms with Crippen LogP contribution in [0.15, 0.2) is 18.2 Å². The number of nitrogens with zero attached hydrogens (tertiary/aromatic N) is 1. The Bertz CT molecular complexity index is 866. The Morgan fingerprint density at radius 2 is 1.85 bits per heavy atom. The van der Waals surface area contributed by atoms with Crippen LogP contribution in [0.25, 0.3) is 0 Å². The van der Waals surface area contributed by atoms with Crippen molar-refractivity contribution in [1.82, 2.24) is 4.42 Å². The van der Waals surface area contributed by atoms with E-state index in [1.165, 1.54) is 6.42 Å². The number of hydrogen-bond donors (Lipinski definition) is 2. The van der Waals surface area contributed by atoms with E-state index in [4.69, 9.17) is 36.5 Å². The van der Waals surface area contributed by atoms with Crippen molar-refractivity contribution in [2.24, 2.45) is 23.5 Å². The summed E-state index contributed by atoms with van der Waals surface area (Å²) >= 11 is 6.44. The predicted molar refractivity (Wildman–Crippen MR) is 155 cm³/mol. The highest BCUT2D eigenvalue weighted by Gasteiger charge is 2.44. The lowest BCUT2D eigenvalue weighted by molar-refractivity contribution is -0.157. The topological polar surface area (TPSA) is 103 Å². The molecule has 0 spiro atoms. The predicted octanol–water partition coefficient (Wildman–Crippen LogP) is 4.97. The van der Waals surface area contributed by atoms with Crippen LogP contribution in [0.1, 0.15) is 71.3 Å². The third-order valence-corrected chi connectivity index (χ3v) is 8.58. The first kappa shape index (κ1) is 33.6. The number of benzene rings is 1. The molecule has 9 heteroatoms. The lowest BCUT2D eigenvalue weighted by atomic mass is 9.77. The minimum Gasteiger partial charge on any atom is -0.493 e. The van der Waals surface area contributed by atoms with E-state index in [0.717, 1.165) is 48.5 Å². The Morgan fingerprint density at radius 3 is 2.44 bits per heavy atom. The molecule has 1 saturated carbocycles. The molecule has 0 aliphatic heterocycles.